The largest absolute Gasteiger partial charge is 0.388 e. The van der Waals surface area contributed by atoms with Gasteiger partial charge in [-0.15, -0.1) is 0 Å². The van der Waals surface area contributed by atoms with Crippen LogP contribution in [0.5, 0.6) is 0 Å². The average Bonchev–Trinajstić information content (AvgIpc) is 2.01. The fourth-order valence-electron chi connectivity index (χ4n) is 1.58. The van der Waals surface area contributed by atoms with E-state index >= 15 is 0 Å². The fraction of sp³-hybridized carbons (Fsp3) is 0.538. The minimum Gasteiger partial charge on any atom is -0.388 e. The molecule has 1 nitrogen and oxygen atoms in total. The van der Waals surface area contributed by atoms with E-state index in [0.717, 1.165) is 12.0 Å². The van der Waals surface area contributed by atoms with Crippen molar-refractivity contribution in [3.63, 3.8) is 0 Å². The molecule has 0 saturated heterocycles. The summed E-state index contributed by atoms with van der Waals surface area (Å²) >= 11 is 0. The van der Waals surface area contributed by atoms with Crippen LogP contribution in [0.15, 0.2) is 24.3 Å². The molecule has 1 aromatic carbocycles. The third-order valence-corrected chi connectivity index (χ3v) is 2.23. The second-order valence-corrected chi connectivity index (χ2v) is 5.19. The molecule has 78 valence electrons. The van der Waals surface area contributed by atoms with Crippen LogP contribution in [0.2, 0.25) is 0 Å². The highest BCUT2D eigenvalue weighted by Crippen LogP contribution is 2.29. The van der Waals surface area contributed by atoms with Gasteiger partial charge in [-0.3, -0.25) is 0 Å². The number of hydrogen-bond donors (Lipinski definition) is 1. The Balaban J connectivity index is 2.74. The van der Waals surface area contributed by atoms with Crippen molar-refractivity contribution >= 4 is 0 Å². The number of aryl methyl sites for hydroxylation is 1. The zero-order valence-electron chi connectivity index (χ0n) is 9.54. The molecule has 0 saturated carbocycles. The van der Waals surface area contributed by atoms with Crippen LogP contribution < -0.4 is 0 Å². The molecule has 1 rings (SSSR count). The molecule has 1 N–H and O–H groups in total. The van der Waals surface area contributed by atoms with Gasteiger partial charge in [0.15, 0.2) is 0 Å². The Hall–Kier alpha value is -0.820. The predicted molar refractivity (Wildman–Crippen MR) is 60.2 cm³/mol. The molecule has 0 aliphatic heterocycles. The van der Waals surface area contributed by atoms with E-state index in [4.69, 9.17) is 0 Å². The summed E-state index contributed by atoms with van der Waals surface area (Å²) in [5.74, 6) is 0. The summed E-state index contributed by atoms with van der Waals surface area (Å²) in [5.41, 5.74) is 2.40. The van der Waals surface area contributed by atoms with Crippen LogP contribution in [-0.2, 0) is 0 Å². The molecule has 0 aromatic heterocycles. The van der Waals surface area contributed by atoms with Gasteiger partial charge in [-0.1, -0.05) is 50.6 Å². The maximum Gasteiger partial charge on any atom is 0.0795 e. The predicted octanol–water partition coefficient (Wildman–Crippen LogP) is 3.46. The molecular weight excluding hydrogens is 172 g/mol. The molecule has 14 heavy (non-hydrogen) atoms. The first kappa shape index (κ1) is 11.3. The van der Waals surface area contributed by atoms with Gasteiger partial charge >= 0.3 is 0 Å². The molecule has 0 fully saturated rings. The minimum absolute atomic E-state index is 0.170. The van der Waals surface area contributed by atoms with Gasteiger partial charge in [0.2, 0.25) is 0 Å². The van der Waals surface area contributed by atoms with Crippen LogP contribution in [0.1, 0.15) is 44.4 Å². The van der Waals surface area contributed by atoms with Gasteiger partial charge in [-0.05, 0) is 24.3 Å². The maximum atomic E-state index is 9.98. The van der Waals surface area contributed by atoms with Crippen molar-refractivity contribution in [2.24, 2.45) is 5.41 Å². The van der Waals surface area contributed by atoms with Crippen LogP contribution in [0.4, 0.5) is 0 Å². The molecule has 0 aliphatic carbocycles. The lowest BCUT2D eigenvalue weighted by molar-refractivity contribution is 0.122. The highest BCUT2D eigenvalue weighted by Gasteiger charge is 2.17. The van der Waals surface area contributed by atoms with Gasteiger partial charge < -0.3 is 5.11 Å². The van der Waals surface area contributed by atoms with Gasteiger partial charge in [-0.25, -0.2) is 0 Å². The Morgan fingerprint density at radius 2 is 1.93 bits per heavy atom. The van der Waals surface area contributed by atoms with E-state index in [1.807, 2.05) is 25.1 Å². The summed E-state index contributed by atoms with van der Waals surface area (Å²) in [4.78, 5) is 0. The maximum absolute atomic E-state index is 9.98. The molecule has 0 radical (unpaired) electrons. The van der Waals surface area contributed by atoms with E-state index in [9.17, 15) is 5.11 Å². The molecule has 0 heterocycles. The van der Waals surface area contributed by atoms with Crippen molar-refractivity contribution in [2.45, 2.75) is 40.2 Å². The number of hydrogen-bond acceptors (Lipinski definition) is 1. The summed E-state index contributed by atoms with van der Waals surface area (Å²) < 4.78 is 0. The number of benzene rings is 1. The van der Waals surface area contributed by atoms with Crippen LogP contribution in [0.3, 0.4) is 0 Å². The van der Waals surface area contributed by atoms with Gasteiger partial charge in [0, 0.05) is 0 Å². The standard InChI is InChI=1S/C13H20O/c1-10-6-5-7-11(8-10)12(14)9-13(2,3)4/h5-8,12,14H,9H2,1-4H3. The third-order valence-electron chi connectivity index (χ3n) is 2.23. The van der Waals surface area contributed by atoms with Crippen LogP contribution in [0, 0.1) is 12.3 Å². The van der Waals surface area contributed by atoms with Crippen molar-refractivity contribution in [2.75, 3.05) is 0 Å². The van der Waals surface area contributed by atoms with E-state index in [1.165, 1.54) is 5.56 Å². The molecule has 1 heteroatoms. The zero-order chi connectivity index (χ0) is 10.8. The Bertz CT molecular complexity index is 296. The monoisotopic (exact) mass is 192 g/mol. The lowest BCUT2D eigenvalue weighted by atomic mass is 9.87. The zero-order valence-corrected chi connectivity index (χ0v) is 9.54. The molecule has 0 spiro atoms. The van der Waals surface area contributed by atoms with Gasteiger partial charge in [-0.2, -0.15) is 0 Å². The first-order valence-electron chi connectivity index (χ1n) is 5.13. The van der Waals surface area contributed by atoms with Crippen molar-refractivity contribution in [3.8, 4) is 0 Å². The Morgan fingerprint density at radius 3 is 2.43 bits per heavy atom. The van der Waals surface area contributed by atoms with Gasteiger partial charge in [0.1, 0.15) is 0 Å². The summed E-state index contributed by atoms with van der Waals surface area (Å²) in [6.45, 7) is 8.48. The lowest BCUT2D eigenvalue weighted by Gasteiger charge is -2.22. The Kier molecular flexibility index (Phi) is 3.33. The van der Waals surface area contributed by atoms with E-state index in [1.54, 1.807) is 0 Å². The summed E-state index contributed by atoms with van der Waals surface area (Å²) in [7, 11) is 0. The van der Waals surface area contributed by atoms with Crippen molar-refractivity contribution in [1.82, 2.24) is 0 Å². The molecule has 1 atom stereocenters. The highest BCUT2D eigenvalue weighted by molar-refractivity contribution is 5.24. The number of rotatable bonds is 2. The first-order chi connectivity index (χ1) is 6.38. The Labute approximate surface area is 86.8 Å². The molecular formula is C13H20O. The molecule has 0 bridgehead atoms. The lowest BCUT2D eigenvalue weighted by Crippen LogP contribution is -2.11. The van der Waals surface area contributed by atoms with Crippen molar-refractivity contribution < 1.29 is 5.11 Å². The topological polar surface area (TPSA) is 20.2 Å². The van der Waals surface area contributed by atoms with Crippen LogP contribution >= 0.6 is 0 Å². The normalized spacial score (nSPS) is 14.1. The summed E-state index contributed by atoms with van der Waals surface area (Å²) in [6, 6.07) is 8.09. The molecule has 0 aliphatic rings. The number of aliphatic hydroxyl groups is 1. The average molecular weight is 192 g/mol. The van der Waals surface area contributed by atoms with Gasteiger partial charge in [0.25, 0.3) is 0 Å². The molecule has 0 amide bonds. The van der Waals surface area contributed by atoms with Crippen LogP contribution in [-0.4, -0.2) is 5.11 Å². The van der Waals surface area contributed by atoms with Crippen molar-refractivity contribution in [1.29, 1.82) is 0 Å². The Morgan fingerprint density at radius 1 is 1.29 bits per heavy atom. The van der Waals surface area contributed by atoms with E-state index in [2.05, 4.69) is 26.8 Å². The summed E-state index contributed by atoms with van der Waals surface area (Å²) in [5, 5.41) is 9.98. The summed E-state index contributed by atoms with van der Waals surface area (Å²) in [6.07, 6.45) is 0.464. The highest BCUT2D eigenvalue weighted by atomic mass is 16.3. The van der Waals surface area contributed by atoms with E-state index in [-0.39, 0.29) is 11.5 Å². The quantitative estimate of drug-likeness (QED) is 0.760. The molecule has 1 unspecified atom stereocenters. The first-order valence-corrected chi connectivity index (χ1v) is 5.13. The number of aliphatic hydroxyl groups excluding tert-OH is 1. The van der Waals surface area contributed by atoms with Crippen molar-refractivity contribution in [3.05, 3.63) is 35.4 Å². The SMILES string of the molecule is Cc1cccc(C(O)CC(C)(C)C)c1. The second kappa shape index (κ2) is 4.14. The minimum atomic E-state index is -0.338. The van der Waals surface area contributed by atoms with Gasteiger partial charge in [0.05, 0.1) is 6.10 Å². The third kappa shape index (κ3) is 3.51. The van der Waals surface area contributed by atoms with E-state index in [0.29, 0.717) is 0 Å². The van der Waals surface area contributed by atoms with Crippen LogP contribution in [0.25, 0.3) is 0 Å². The molecule has 1 aromatic rings. The van der Waals surface area contributed by atoms with E-state index < -0.39 is 0 Å². The fourth-order valence-corrected chi connectivity index (χ4v) is 1.58. The second-order valence-electron chi connectivity index (χ2n) is 5.19. The smallest absolute Gasteiger partial charge is 0.0795 e.